The number of anilines is 2. The van der Waals surface area contributed by atoms with E-state index >= 15 is 0 Å². The number of benzene rings is 1. The fourth-order valence-electron chi connectivity index (χ4n) is 1.72. The van der Waals surface area contributed by atoms with E-state index in [0.29, 0.717) is 6.04 Å². The molecule has 0 fully saturated rings. The molecule has 2 rings (SSSR count). The van der Waals surface area contributed by atoms with Crippen molar-refractivity contribution in [2.75, 3.05) is 11.1 Å². The van der Waals surface area contributed by atoms with Gasteiger partial charge in [-0.15, -0.1) is 11.3 Å². The van der Waals surface area contributed by atoms with E-state index in [4.69, 9.17) is 5.73 Å². The van der Waals surface area contributed by atoms with Crippen LogP contribution in [-0.4, -0.2) is 0 Å². The van der Waals surface area contributed by atoms with Crippen LogP contribution in [0.4, 0.5) is 11.4 Å². The summed E-state index contributed by atoms with van der Waals surface area (Å²) in [6, 6.07) is 10.5. The fourth-order valence-corrected chi connectivity index (χ4v) is 2.96. The summed E-state index contributed by atoms with van der Waals surface area (Å²) in [7, 11) is 0. The molecule has 1 aromatic heterocycles. The summed E-state index contributed by atoms with van der Waals surface area (Å²) in [5.41, 5.74) is 7.76. The van der Waals surface area contributed by atoms with Crippen LogP contribution in [0.15, 0.2) is 40.2 Å². The highest BCUT2D eigenvalue weighted by molar-refractivity contribution is 9.10. The number of rotatable bonds is 4. The molecule has 0 amide bonds. The SMILES string of the molecule is CCC(Nc1ccc(Br)cc1N)c1cccs1. The summed E-state index contributed by atoms with van der Waals surface area (Å²) < 4.78 is 1.00. The summed E-state index contributed by atoms with van der Waals surface area (Å²) in [4.78, 5) is 1.34. The zero-order valence-corrected chi connectivity index (χ0v) is 12.0. The van der Waals surface area contributed by atoms with Crippen molar-refractivity contribution in [1.82, 2.24) is 0 Å². The lowest BCUT2D eigenvalue weighted by atomic mass is 10.1. The van der Waals surface area contributed by atoms with Crippen LogP contribution in [0.1, 0.15) is 24.3 Å². The second kappa shape index (κ2) is 5.56. The molecule has 0 aliphatic carbocycles. The largest absolute Gasteiger partial charge is 0.397 e. The maximum atomic E-state index is 5.99. The molecule has 0 aliphatic heterocycles. The molecule has 0 saturated heterocycles. The minimum Gasteiger partial charge on any atom is -0.397 e. The van der Waals surface area contributed by atoms with Crippen LogP contribution in [0.5, 0.6) is 0 Å². The molecular weight excluding hydrogens is 296 g/mol. The van der Waals surface area contributed by atoms with Gasteiger partial charge in [0.05, 0.1) is 17.4 Å². The average molecular weight is 311 g/mol. The number of nitrogen functional groups attached to an aromatic ring is 1. The number of hydrogen-bond donors (Lipinski definition) is 2. The first-order chi connectivity index (χ1) is 8.20. The molecule has 17 heavy (non-hydrogen) atoms. The Morgan fingerprint density at radius 1 is 1.41 bits per heavy atom. The van der Waals surface area contributed by atoms with Gasteiger partial charge in [-0.2, -0.15) is 0 Å². The summed E-state index contributed by atoms with van der Waals surface area (Å²) in [6.45, 7) is 2.17. The molecule has 1 heterocycles. The van der Waals surface area contributed by atoms with E-state index in [1.807, 2.05) is 18.2 Å². The number of nitrogens with two attached hydrogens (primary N) is 1. The second-order valence-corrected chi connectivity index (χ2v) is 5.75. The lowest BCUT2D eigenvalue weighted by Gasteiger charge is -2.18. The molecule has 0 radical (unpaired) electrons. The average Bonchev–Trinajstić information content (AvgIpc) is 2.81. The number of nitrogens with one attached hydrogen (secondary N) is 1. The molecule has 2 aromatic rings. The van der Waals surface area contributed by atoms with Crippen LogP contribution in [-0.2, 0) is 0 Å². The van der Waals surface area contributed by atoms with E-state index in [1.54, 1.807) is 11.3 Å². The molecule has 4 heteroatoms. The number of hydrogen-bond acceptors (Lipinski definition) is 3. The van der Waals surface area contributed by atoms with Gasteiger partial charge < -0.3 is 11.1 Å². The van der Waals surface area contributed by atoms with Crippen LogP contribution >= 0.6 is 27.3 Å². The van der Waals surface area contributed by atoms with Gasteiger partial charge in [0, 0.05) is 9.35 Å². The molecular formula is C13H15BrN2S. The summed E-state index contributed by atoms with van der Waals surface area (Å²) in [5, 5.41) is 5.59. The Balaban J connectivity index is 2.19. The Kier molecular flexibility index (Phi) is 4.07. The Morgan fingerprint density at radius 3 is 2.82 bits per heavy atom. The van der Waals surface area contributed by atoms with Gasteiger partial charge in [0.1, 0.15) is 0 Å². The number of thiophene rings is 1. The van der Waals surface area contributed by atoms with Crippen molar-refractivity contribution in [3.8, 4) is 0 Å². The number of halogens is 1. The lowest BCUT2D eigenvalue weighted by Crippen LogP contribution is -2.09. The highest BCUT2D eigenvalue weighted by Crippen LogP contribution is 2.30. The predicted molar refractivity (Wildman–Crippen MR) is 79.5 cm³/mol. The van der Waals surface area contributed by atoms with Crippen LogP contribution < -0.4 is 11.1 Å². The second-order valence-electron chi connectivity index (χ2n) is 3.85. The van der Waals surface area contributed by atoms with Crippen molar-refractivity contribution in [3.05, 3.63) is 45.1 Å². The maximum absolute atomic E-state index is 5.99. The first kappa shape index (κ1) is 12.5. The van der Waals surface area contributed by atoms with Crippen LogP contribution in [0.3, 0.4) is 0 Å². The Hall–Kier alpha value is -1.00. The Bertz CT molecular complexity index is 482. The summed E-state index contributed by atoms with van der Waals surface area (Å²) in [5.74, 6) is 0. The van der Waals surface area contributed by atoms with Crippen molar-refractivity contribution in [2.45, 2.75) is 19.4 Å². The summed E-state index contributed by atoms with van der Waals surface area (Å²) in [6.07, 6.45) is 1.04. The van der Waals surface area contributed by atoms with E-state index in [1.165, 1.54) is 4.88 Å². The van der Waals surface area contributed by atoms with Gasteiger partial charge >= 0.3 is 0 Å². The van der Waals surface area contributed by atoms with Crippen LogP contribution in [0, 0.1) is 0 Å². The lowest BCUT2D eigenvalue weighted by molar-refractivity contribution is 0.764. The third kappa shape index (κ3) is 3.01. The van der Waals surface area contributed by atoms with Crippen molar-refractivity contribution in [1.29, 1.82) is 0 Å². The third-order valence-corrected chi connectivity index (χ3v) is 4.12. The van der Waals surface area contributed by atoms with E-state index in [9.17, 15) is 0 Å². The van der Waals surface area contributed by atoms with E-state index < -0.39 is 0 Å². The van der Waals surface area contributed by atoms with Crippen molar-refractivity contribution in [3.63, 3.8) is 0 Å². The fraction of sp³-hybridized carbons (Fsp3) is 0.231. The molecule has 0 bridgehead atoms. The molecule has 0 saturated carbocycles. The van der Waals surface area contributed by atoms with Gasteiger partial charge in [0.25, 0.3) is 0 Å². The summed E-state index contributed by atoms with van der Waals surface area (Å²) >= 11 is 5.18. The third-order valence-electron chi connectivity index (χ3n) is 2.64. The van der Waals surface area contributed by atoms with Crippen molar-refractivity contribution >= 4 is 38.6 Å². The highest BCUT2D eigenvalue weighted by Gasteiger charge is 2.11. The van der Waals surface area contributed by atoms with Gasteiger partial charge in [0.15, 0.2) is 0 Å². The van der Waals surface area contributed by atoms with Crippen molar-refractivity contribution in [2.24, 2.45) is 0 Å². The van der Waals surface area contributed by atoms with Gasteiger partial charge in [-0.05, 0) is 36.1 Å². The molecule has 0 spiro atoms. The first-order valence-electron chi connectivity index (χ1n) is 5.55. The molecule has 2 nitrogen and oxygen atoms in total. The van der Waals surface area contributed by atoms with E-state index in [-0.39, 0.29) is 0 Å². The first-order valence-corrected chi connectivity index (χ1v) is 7.23. The normalized spacial score (nSPS) is 12.4. The highest BCUT2D eigenvalue weighted by atomic mass is 79.9. The van der Waals surface area contributed by atoms with Crippen LogP contribution in [0.25, 0.3) is 0 Å². The molecule has 3 N–H and O–H groups in total. The van der Waals surface area contributed by atoms with Crippen molar-refractivity contribution < 1.29 is 0 Å². The minimum atomic E-state index is 0.332. The molecule has 0 aliphatic rings. The zero-order chi connectivity index (χ0) is 12.3. The molecule has 1 aromatic carbocycles. The molecule has 90 valence electrons. The van der Waals surface area contributed by atoms with Gasteiger partial charge in [-0.1, -0.05) is 28.9 Å². The topological polar surface area (TPSA) is 38.0 Å². The molecule has 1 unspecified atom stereocenters. The Morgan fingerprint density at radius 2 is 2.24 bits per heavy atom. The predicted octanol–water partition coefficient (Wildman–Crippen LogP) is 4.66. The maximum Gasteiger partial charge on any atom is 0.0604 e. The van der Waals surface area contributed by atoms with Crippen LogP contribution in [0.2, 0.25) is 0 Å². The van der Waals surface area contributed by atoms with E-state index in [0.717, 1.165) is 22.3 Å². The zero-order valence-electron chi connectivity index (χ0n) is 9.61. The smallest absolute Gasteiger partial charge is 0.0604 e. The van der Waals surface area contributed by atoms with E-state index in [2.05, 4.69) is 45.7 Å². The van der Waals surface area contributed by atoms with Gasteiger partial charge in [-0.3, -0.25) is 0 Å². The van der Waals surface area contributed by atoms with Gasteiger partial charge in [-0.25, -0.2) is 0 Å². The standard InChI is InChI=1S/C13H15BrN2S/c1-2-11(13-4-3-7-17-13)16-12-6-5-9(14)8-10(12)15/h3-8,11,16H,2,15H2,1H3. The van der Waals surface area contributed by atoms with Gasteiger partial charge in [0.2, 0.25) is 0 Å². The minimum absolute atomic E-state index is 0.332. The molecule has 1 atom stereocenters. The quantitative estimate of drug-likeness (QED) is 0.806. The monoisotopic (exact) mass is 310 g/mol. The Labute approximate surface area is 114 Å².